The van der Waals surface area contributed by atoms with Crippen LogP contribution in [-0.2, 0) is 24.2 Å². The van der Waals surface area contributed by atoms with Gasteiger partial charge in [-0.25, -0.2) is 0 Å². The number of thioether (sulfide) groups is 1. The number of hydrogen-bond acceptors (Lipinski definition) is 5. The highest BCUT2D eigenvalue weighted by atomic mass is 32.2. The summed E-state index contributed by atoms with van der Waals surface area (Å²) in [6, 6.07) is 8.63. The average molecular weight is 329 g/mol. The van der Waals surface area contributed by atoms with Crippen molar-refractivity contribution in [2.45, 2.75) is 49.1 Å². The number of nitrogens with zero attached hydrogens (tertiary/aromatic N) is 3. The van der Waals surface area contributed by atoms with Crippen molar-refractivity contribution in [3.05, 3.63) is 41.3 Å². The molecule has 2 heterocycles. The molecule has 1 aromatic heterocycles. The fourth-order valence-corrected chi connectivity index (χ4v) is 4.31. The van der Waals surface area contributed by atoms with E-state index in [-0.39, 0.29) is 5.91 Å². The van der Waals surface area contributed by atoms with Gasteiger partial charge < -0.3 is 9.32 Å². The first-order valence-electron chi connectivity index (χ1n) is 8.11. The number of fused-ring (bicyclic) bond motifs is 1. The first kappa shape index (κ1) is 14.8. The summed E-state index contributed by atoms with van der Waals surface area (Å²) >= 11 is 1.66. The molecule has 6 heteroatoms. The molecule has 1 atom stereocenters. The SMILES string of the molecule is O=C1CCCN1Cc1nnc(S[C@H]2CCc3ccccc3C2)o1. The van der Waals surface area contributed by atoms with Gasteiger partial charge in [-0.1, -0.05) is 36.0 Å². The smallest absolute Gasteiger partial charge is 0.276 e. The van der Waals surface area contributed by atoms with E-state index < -0.39 is 0 Å². The van der Waals surface area contributed by atoms with Gasteiger partial charge in [0.15, 0.2) is 0 Å². The third-order valence-corrected chi connectivity index (χ3v) is 5.62. The molecule has 1 amide bonds. The molecule has 1 aliphatic carbocycles. The second-order valence-electron chi connectivity index (χ2n) is 6.13. The summed E-state index contributed by atoms with van der Waals surface area (Å²) in [5.41, 5.74) is 2.89. The zero-order valence-corrected chi connectivity index (χ0v) is 13.7. The van der Waals surface area contributed by atoms with Crippen LogP contribution in [-0.4, -0.2) is 32.8 Å². The van der Waals surface area contributed by atoms with E-state index in [4.69, 9.17) is 4.42 Å². The number of carbonyl (C=O) groups excluding carboxylic acids is 1. The number of amides is 1. The maximum Gasteiger partial charge on any atom is 0.276 e. The summed E-state index contributed by atoms with van der Waals surface area (Å²) in [5.74, 6) is 0.722. The third-order valence-electron chi connectivity index (χ3n) is 4.51. The van der Waals surface area contributed by atoms with Gasteiger partial charge in [-0.05, 0) is 36.8 Å². The lowest BCUT2D eigenvalue weighted by molar-refractivity contribution is -0.128. The molecule has 5 nitrogen and oxygen atoms in total. The van der Waals surface area contributed by atoms with E-state index in [1.54, 1.807) is 16.7 Å². The van der Waals surface area contributed by atoms with Crippen molar-refractivity contribution < 1.29 is 9.21 Å². The summed E-state index contributed by atoms with van der Waals surface area (Å²) in [6.45, 7) is 1.24. The van der Waals surface area contributed by atoms with E-state index in [1.165, 1.54) is 11.1 Å². The first-order chi connectivity index (χ1) is 11.3. The Morgan fingerprint density at radius 3 is 2.91 bits per heavy atom. The van der Waals surface area contributed by atoms with Crippen LogP contribution in [0.15, 0.2) is 33.9 Å². The number of rotatable bonds is 4. The van der Waals surface area contributed by atoms with E-state index in [2.05, 4.69) is 34.5 Å². The van der Waals surface area contributed by atoms with Gasteiger partial charge in [0.1, 0.15) is 0 Å². The molecule has 1 aliphatic heterocycles. The summed E-state index contributed by atoms with van der Waals surface area (Å²) in [7, 11) is 0. The molecule has 1 aromatic carbocycles. The molecule has 1 saturated heterocycles. The Morgan fingerprint density at radius 2 is 2.09 bits per heavy atom. The summed E-state index contributed by atoms with van der Waals surface area (Å²) < 4.78 is 5.73. The van der Waals surface area contributed by atoms with Crippen LogP contribution in [0, 0.1) is 0 Å². The molecule has 0 bridgehead atoms. The van der Waals surface area contributed by atoms with Gasteiger partial charge >= 0.3 is 0 Å². The van der Waals surface area contributed by atoms with Crippen molar-refractivity contribution in [3.63, 3.8) is 0 Å². The Balaban J connectivity index is 1.38. The molecule has 0 N–H and O–H groups in total. The topological polar surface area (TPSA) is 59.2 Å². The predicted octanol–water partition coefficient (Wildman–Crippen LogP) is 2.84. The van der Waals surface area contributed by atoms with E-state index in [0.29, 0.717) is 29.3 Å². The average Bonchev–Trinajstić information content (AvgIpc) is 3.17. The van der Waals surface area contributed by atoms with Gasteiger partial charge in [-0.3, -0.25) is 4.79 Å². The highest BCUT2D eigenvalue weighted by Gasteiger charge is 2.24. The fraction of sp³-hybridized carbons (Fsp3) is 0.471. The molecule has 23 heavy (non-hydrogen) atoms. The Kier molecular flexibility index (Phi) is 4.08. The lowest BCUT2D eigenvalue weighted by Crippen LogP contribution is -2.23. The minimum absolute atomic E-state index is 0.182. The molecule has 0 unspecified atom stereocenters. The summed E-state index contributed by atoms with van der Waals surface area (Å²) in [4.78, 5) is 13.4. The van der Waals surface area contributed by atoms with Gasteiger partial charge in [0.05, 0.1) is 6.54 Å². The molecule has 0 radical (unpaired) electrons. The number of carbonyl (C=O) groups is 1. The Labute approximate surface area is 139 Å². The maximum atomic E-state index is 11.7. The van der Waals surface area contributed by atoms with Gasteiger partial charge in [-0.15, -0.1) is 10.2 Å². The minimum atomic E-state index is 0.182. The van der Waals surface area contributed by atoms with Crippen LogP contribution in [0.25, 0.3) is 0 Å². The van der Waals surface area contributed by atoms with E-state index in [0.717, 1.165) is 32.2 Å². The number of aromatic nitrogens is 2. The molecular weight excluding hydrogens is 310 g/mol. The van der Waals surface area contributed by atoms with Gasteiger partial charge in [-0.2, -0.15) is 0 Å². The highest BCUT2D eigenvalue weighted by Crippen LogP contribution is 2.33. The Hall–Kier alpha value is -1.82. The maximum absolute atomic E-state index is 11.7. The van der Waals surface area contributed by atoms with Crippen molar-refractivity contribution >= 4 is 17.7 Å². The van der Waals surface area contributed by atoms with Crippen LogP contribution in [0.4, 0.5) is 0 Å². The van der Waals surface area contributed by atoms with Crippen LogP contribution < -0.4 is 0 Å². The van der Waals surface area contributed by atoms with Crippen LogP contribution in [0.1, 0.15) is 36.3 Å². The van der Waals surface area contributed by atoms with Crippen molar-refractivity contribution in [2.75, 3.05) is 6.54 Å². The van der Waals surface area contributed by atoms with Crippen molar-refractivity contribution in [3.8, 4) is 0 Å². The lowest BCUT2D eigenvalue weighted by Gasteiger charge is -2.22. The molecule has 4 rings (SSSR count). The van der Waals surface area contributed by atoms with Crippen molar-refractivity contribution in [1.82, 2.24) is 15.1 Å². The molecule has 120 valence electrons. The van der Waals surface area contributed by atoms with Gasteiger partial charge in [0, 0.05) is 18.2 Å². The van der Waals surface area contributed by atoms with E-state index >= 15 is 0 Å². The Bertz CT molecular complexity index is 715. The fourth-order valence-electron chi connectivity index (χ4n) is 3.29. The minimum Gasteiger partial charge on any atom is -0.414 e. The van der Waals surface area contributed by atoms with Crippen LogP contribution in [0.5, 0.6) is 0 Å². The standard InChI is InChI=1S/C17H19N3O2S/c21-16-6-3-9-20(16)11-15-18-19-17(22-15)23-14-8-7-12-4-1-2-5-13(12)10-14/h1-2,4-5,14H,3,6-11H2/t14-/m0/s1. The van der Waals surface area contributed by atoms with Gasteiger partial charge in [0.25, 0.3) is 5.22 Å². The molecule has 2 aliphatic rings. The van der Waals surface area contributed by atoms with E-state index in [1.807, 2.05) is 0 Å². The lowest BCUT2D eigenvalue weighted by atomic mass is 9.92. The van der Waals surface area contributed by atoms with Crippen LogP contribution in [0.2, 0.25) is 0 Å². The largest absolute Gasteiger partial charge is 0.414 e. The number of likely N-dealkylation sites (tertiary alicyclic amines) is 1. The number of benzene rings is 1. The third kappa shape index (κ3) is 3.27. The molecule has 1 fully saturated rings. The Morgan fingerprint density at radius 1 is 1.22 bits per heavy atom. The first-order valence-corrected chi connectivity index (χ1v) is 8.99. The monoisotopic (exact) mass is 329 g/mol. The van der Waals surface area contributed by atoms with E-state index in [9.17, 15) is 4.79 Å². The van der Waals surface area contributed by atoms with Crippen LogP contribution in [0.3, 0.4) is 0 Å². The normalized spacial score (nSPS) is 20.8. The number of hydrogen-bond donors (Lipinski definition) is 0. The molecule has 2 aromatic rings. The second kappa shape index (κ2) is 6.35. The van der Waals surface area contributed by atoms with Crippen molar-refractivity contribution in [2.24, 2.45) is 0 Å². The zero-order chi connectivity index (χ0) is 15.6. The molecule has 0 saturated carbocycles. The summed E-state index contributed by atoms with van der Waals surface area (Å²) in [6.07, 6.45) is 4.84. The molecule has 0 spiro atoms. The summed E-state index contributed by atoms with van der Waals surface area (Å²) in [5, 5.41) is 9.33. The predicted molar refractivity (Wildman–Crippen MR) is 87.1 cm³/mol. The molecular formula is C17H19N3O2S. The van der Waals surface area contributed by atoms with Crippen LogP contribution >= 0.6 is 11.8 Å². The highest BCUT2D eigenvalue weighted by molar-refractivity contribution is 7.99. The zero-order valence-electron chi connectivity index (χ0n) is 12.9. The van der Waals surface area contributed by atoms with Gasteiger partial charge in [0.2, 0.25) is 11.8 Å². The quantitative estimate of drug-likeness (QED) is 0.863. The number of aryl methyl sites for hydroxylation is 1. The second-order valence-corrected chi connectivity index (χ2v) is 7.38. The van der Waals surface area contributed by atoms with Crippen molar-refractivity contribution in [1.29, 1.82) is 0 Å².